The van der Waals surface area contributed by atoms with Crippen LogP contribution in [0.1, 0.15) is 39.5 Å². The Kier molecular flexibility index (Phi) is 11.1. The van der Waals surface area contributed by atoms with Gasteiger partial charge in [0.05, 0.1) is 0 Å². The maximum atomic E-state index is 4.87. The van der Waals surface area contributed by atoms with Crippen LogP contribution in [-0.2, 0) is 0 Å². The van der Waals surface area contributed by atoms with E-state index in [1.165, 1.54) is 51.0 Å². The molecule has 2 N–H and O–H groups in total. The van der Waals surface area contributed by atoms with Gasteiger partial charge in [0, 0.05) is 38.4 Å². The highest BCUT2D eigenvalue weighted by Crippen LogP contribution is 2.23. The Morgan fingerprint density at radius 3 is 2.55 bits per heavy atom. The predicted octanol–water partition coefficient (Wildman–Crippen LogP) is 3.81. The number of nitrogens with one attached hydrogen (secondary N) is 2. The highest BCUT2D eigenvalue weighted by molar-refractivity contribution is 14.0. The molecule has 5 nitrogen and oxygen atoms in total. The van der Waals surface area contributed by atoms with Crippen molar-refractivity contribution in [2.75, 3.05) is 57.3 Å². The number of piperidine rings is 1. The zero-order valence-corrected chi connectivity index (χ0v) is 20.6. The smallest absolute Gasteiger partial charge is 0.191 e. The van der Waals surface area contributed by atoms with Crippen LogP contribution in [0.3, 0.4) is 0 Å². The molecule has 0 aromatic heterocycles. The first kappa shape index (κ1) is 24.3. The SMILES string of the molecule is CCNC(=NCC1CCN(c2ccccc2)C1)NCCCN1CCC(C)CC1.I. The fraction of sp³-hybridized carbons (Fsp3) is 0.696. The number of benzene rings is 1. The van der Waals surface area contributed by atoms with Gasteiger partial charge in [0.1, 0.15) is 0 Å². The molecule has 2 fully saturated rings. The van der Waals surface area contributed by atoms with Gasteiger partial charge < -0.3 is 20.4 Å². The minimum atomic E-state index is 0. The normalized spacial score (nSPS) is 21.1. The summed E-state index contributed by atoms with van der Waals surface area (Å²) in [4.78, 5) is 9.97. The van der Waals surface area contributed by atoms with Gasteiger partial charge in [0.15, 0.2) is 5.96 Å². The van der Waals surface area contributed by atoms with Crippen LogP contribution in [0, 0.1) is 11.8 Å². The van der Waals surface area contributed by atoms with E-state index in [-0.39, 0.29) is 24.0 Å². The molecule has 0 saturated carbocycles. The third-order valence-electron chi connectivity index (χ3n) is 6.08. The zero-order chi connectivity index (χ0) is 19.6. The van der Waals surface area contributed by atoms with E-state index in [1.807, 2.05) is 0 Å². The molecule has 1 atom stereocenters. The third kappa shape index (κ3) is 8.32. The molecule has 2 heterocycles. The summed E-state index contributed by atoms with van der Waals surface area (Å²) in [5, 5.41) is 6.94. The Bertz CT molecular complexity index is 586. The van der Waals surface area contributed by atoms with Crippen LogP contribution in [0.2, 0.25) is 0 Å². The van der Waals surface area contributed by atoms with Gasteiger partial charge in [-0.05, 0) is 76.2 Å². The van der Waals surface area contributed by atoms with E-state index in [0.717, 1.165) is 44.6 Å². The lowest BCUT2D eigenvalue weighted by Crippen LogP contribution is -2.40. The van der Waals surface area contributed by atoms with Crippen LogP contribution in [0.4, 0.5) is 5.69 Å². The Morgan fingerprint density at radius 1 is 1.07 bits per heavy atom. The summed E-state index contributed by atoms with van der Waals surface area (Å²) in [6.45, 7) is 13.3. The van der Waals surface area contributed by atoms with Crippen LogP contribution >= 0.6 is 24.0 Å². The van der Waals surface area contributed by atoms with E-state index in [9.17, 15) is 0 Å². The Morgan fingerprint density at radius 2 is 1.83 bits per heavy atom. The molecule has 1 aromatic rings. The molecule has 1 aromatic carbocycles. The van der Waals surface area contributed by atoms with Gasteiger partial charge in [0.25, 0.3) is 0 Å². The van der Waals surface area contributed by atoms with Crippen LogP contribution < -0.4 is 15.5 Å². The van der Waals surface area contributed by atoms with Gasteiger partial charge in [-0.3, -0.25) is 4.99 Å². The van der Waals surface area contributed by atoms with Crippen LogP contribution in [0.25, 0.3) is 0 Å². The number of halogens is 1. The average molecular weight is 514 g/mol. The molecule has 6 heteroatoms. The average Bonchev–Trinajstić information content (AvgIpc) is 3.20. The summed E-state index contributed by atoms with van der Waals surface area (Å²) in [5.41, 5.74) is 1.34. The van der Waals surface area contributed by atoms with Crippen molar-refractivity contribution in [1.29, 1.82) is 0 Å². The molecular weight excluding hydrogens is 473 g/mol. The second kappa shape index (κ2) is 13.3. The summed E-state index contributed by atoms with van der Waals surface area (Å²) >= 11 is 0. The molecule has 164 valence electrons. The summed E-state index contributed by atoms with van der Waals surface area (Å²) in [5.74, 6) is 2.54. The number of anilines is 1. The van der Waals surface area contributed by atoms with Gasteiger partial charge in [0.2, 0.25) is 0 Å². The van der Waals surface area contributed by atoms with Crippen LogP contribution in [0.5, 0.6) is 0 Å². The van der Waals surface area contributed by atoms with Gasteiger partial charge >= 0.3 is 0 Å². The molecule has 2 aliphatic rings. The van der Waals surface area contributed by atoms with Crippen LogP contribution in [0.15, 0.2) is 35.3 Å². The zero-order valence-electron chi connectivity index (χ0n) is 18.3. The van der Waals surface area contributed by atoms with Gasteiger partial charge in [-0.15, -0.1) is 24.0 Å². The summed E-state index contributed by atoms with van der Waals surface area (Å²) < 4.78 is 0. The Hall–Kier alpha value is -1.02. The van der Waals surface area contributed by atoms with Gasteiger partial charge in [-0.25, -0.2) is 0 Å². The lowest BCUT2D eigenvalue weighted by molar-refractivity contribution is 0.191. The first-order chi connectivity index (χ1) is 13.7. The second-order valence-corrected chi connectivity index (χ2v) is 8.46. The molecular formula is C23H40IN5. The van der Waals surface area contributed by atoms with E-state index in [4.69, 9.17) is 4.99 Å². The highest BCUT2D eigenvalue weighted by Gasteiger charge is 2.22. The Balaban J connectivity index is 0.00000300. The van der Waals surface area contributed by atoms with Crippen molar-refractivity contribution in [3.05, 3.63) is 30.3 Å². The fourth-order valence-corrected chi connectivity index (χ4v) is 4.21. The van der Waals surface area contributed by atoms with Crippen molar-refractivity contribution in [1.82, 2.24) is 15.5 Å². The molecule has 2 saturated heterocycles. The Labute approximate surface area is 194 Å². The number of aliphatic imine (C=N–C) groups is 1. The number of likely N-dealkylation sites (tertiary alicyclic amines) is 1. The summed E-state index contributed by atoms with van der Waals surface area (Å²) in [7, 11) is 0. The highest BCUT2D eigenvalue weighted by atomic mass is 127. The van der Waals surface area contributed by atoms with E-state index in [0.29, 0.717) is 5.92 Å². The van der Waals surface area contributed by atoms with Gasteiger partial charge in [-0.1, -0.05) is 25.1 Å². The lowest BCUT2D eigenvalue weighted by Gasteiger charge is -2.30. The molecule has 0 amide bonds. The quantitative estimate of drug-likeness (QED) is 0.240. The van der Waals surface area contributed by atoms with Crippen molar-refractivity contribution in [3.8, 4) is 0 Å². The standard InChI is InChI=1S/C23H39N5.HI/c1-3-24-23(25-13-7-14-27-15-10-20(2)11-16-27)26-18-21-12-17-28(19-21)22-8-5-4-6-9-22;/h4-6,8-9,20-21H,3,7,10-19H2,1-2H3,(H2,24,25,26);1H. The molecule has 1 unspecified atom stereocenters. The van der Waals surface area contributed by atoms with E-state index in [1.54, 1.807) is 0 Å². The fourth-order valence-electron chi connectivity index (χ4n) is 4.21. The molecule has 3 rings (SSSR count). The number of guanidine groups is 1. The molecule has 0 radical (unpaired) electrons. The number of hydrogen-bond donors (Lipinski definition) is 2. The largest absolute Gasteiger partial charge is 0.371 e. The number of nitrogens with zero attached hydrogens (tertiary/aromatic N) is 3. The monoisotopic (exact) mass is 513 g/mol. The lowest BCUT2D eigenvalue weighted by atomic mass is 9.99. The van der Waals surface area contributed by atoms with Crippen molar-refractivity contribution < 1.29 is 0 Å². The molecule has 0 aliphatic carbocycles. The minimum Gasteiger partial charge on any atom is -0.371 e. The van der Waals surface area contributed by atoms with Crippen LogP contribution in [-0.4, -0.2) is 63.2 Å². The second-order valence-electron chi connectivity index (χ2n) is 8.46. The number of hydrogen-bond acceptors (Lipinski definition) is 3. The van der Waals surface area contributed by atoms with Gasteiger partial charge in [-0.2, -0.15) is 0 Å². The minimum absolute atomic E-state index is 0. The first-order valence-electron chi connectivity index (χ1n) is 11.3. The molecule has 0 bridgehead atoms. The summed E-state index contributed by atoms with van der Waals surface area (Å²) in [6.07, 6.45) is 5.13. The van der Waals surface area contributed by atoms with Crippen molar-refractivity contribution >= 4 is 35.6 Å². The maximum absolute atomic E-state index is 4.87. The van der Waals surface area contributed by atoms with E-state index >= 15 is 0 Å². The summed E-state index contributed by atoms with van der Waals surface area (Å²) in [6, 6.07) is 10.7. The number of para-hydroxylation sites is 1. The number of rotatable bonds is 8. The van der Waals surface area contributed by atoms with E-state index < -0.39 is 0 Å². The maximum Gasteiger partial charge on any atom is 0.191 e. The van der Waals surface area contributed by atoms with Crippen molar-refractivity contribution in [3.63, 3.8) is 0 Å². The van der Waals surface area contributed by atoms with Crippen molar-refractivity contribution in [2.45, 2.75) is 39.5 Å². The molecule has 0 spiro atoms. The third-order valence-corrected chi connectivity index (χ3v) is 6.08. The van der Waals surface area contributed by atoms with Crippen molar-refractivity contribution in [2.24, 2.45) is 16.8 Å². The molecule has 29 heavy (non-hydrogen) atoms. The topological polar surface area (TPSA) is 42.9 Å². The predicted molar refractivity (Wildman–Crippen MR) is 136 cm³/mol. The van der Waals surface area contributed by atoms with E-state index in [2.05, 4.69) is 64.6 Å². The molecule has 2 aliphatic heterocycles. The first-order valence-corrected chi connectivity index (χ1v) is 11.3.